The van der Waals surface area contributed by atoms with Crippen LogP contribution in [0.2, 0.25) is 5.02 Å². The summed E-state index contributed by atoms with van der Waals surface area (Å²) in [7, 11) is 0. The minimum Gasteiger partial charge on any atom is -0.353 e. The normalized spacial score (nSPS) is 11.3. The lowest BCUT2D eigenvalue weighted by molar-refractivity contribution is -0.697. The van der Waals surface area contributed by atoms with Gasteiger partial charge in [-0.1, -0.05) is 39.7 Å². The molecule has 3 aromatic heterocycles. The molecule has 0 atom stereocenters. The lowest BCUT2D eigenvalue weighted by atomic mass is 10.1. The highest BCUT2D eigenvalue weighted by Crippen LogP contribution is 2.33. The second kappa shape index (κ2) is 8.81. The molecule has 0 unspecified atom stereocenters. The average molecular weight is 509 g/mol. The van der Waals surface area contributed by atoms with E-state index in [4.69, 9.17) is 11.6 Å². The van der Waals surface area contributed by atoms with Gasteiger partial charge in [-0.25, -0.2) is 4.57 Å². The molecule has 3 heterocycles. The first-order valence-electron chi connectivity index (χ1n) is 10.4. The lowest BCUT2D eigenvalue weighted by Crippen LogP contribution is -2.35. The van der Waals surface area contributed by atoms with Gasteiger partial charge in [-0.15, -0.1) is 0 Å². The SMILES string of the molecule is O=C(NCCC[n+]1ccccc1)c1c(-c2cc3cc(Cl)ccc3[nH]2)[nH]c2cc(Br)ccc12. The van der Waals surface area contributed by atoms with Crippen LogP contribution in [0.5, 0.6) is 0 Å². The van der Waals surface area contributed by atoms with Gasteiger partial charge in [0, 0.05) is 56.4 Å². The number of carbonyl (C=O) groups is 1. The molecule has 0 aliphatic rings. The fourth-order valence-corrected chi connectivity index (χ4v) is 4.52. The Bertz CT molecular complexity index is 1420. The van der Waals surface area contributed by atoms with E-state index < -0.39 is 0 Å². The molecule has 0 radical (unpaired) electrons. The Kier molecular flexibility index (Phi) is 5.72. The fourth-order valence-electron chi connectivity index (χ4n) is 3.98. The summed E-state index contributed by atoms with van der Waals surface area (Å²) in [6, 6.07) is 19.6. The molecule has 0 fully saturated rings. The van der Waals surface area contributed by atoms with Crippen LogP contribution >= 0.6 is 27.5 Å². The summed E-state index contributed by atoms with van der Waals surface area (Å²) in [5.74, 6) is -0.0941. The van der Waals surface area contributed by atoms with E-state index in [1.54, 1.807) is 0 Å². The van der Waals surface area contributed by atoms with Gasteiger partial charge in [0.25, 0.3) is 5.91 Å². The highest BCUT2D eigenvalue weighted by atomic mass is 79.9. The third-order valence-corrected chi connectivity index (χ3v) is 6.22. The number of hydrogen-bond acceptors (Lipinski definition) is 1. The van der Waals surface area contributed by atoms with Crippen molar-refractivity contribution < 1.29 is 9.36 Å². The molecule has 0 saturated heterocycles. The third kappa shape index (κ3) is 4.16. The Balaban J connectivity index is 1.45. The first-order chi connectivity index (χ1) is 15.6. The number of benzene rings is 2. The maximum atomic E-state index is 13.3. The van der Waals surface area contributed by atoms with Crippen LogP contribution in [-0.2, 0) is 6.54 Å². The van der Waals surface area contributed by atoms with Crippen LogP contribution in [0.1, 0.15) is 16.8 Å². The van der Waals surface area contributed by atoms with E-state index in [1.807, 2.05) is 73.1 Å². The van der Waals surface area contributed by atoms with Gasteiger partial charge >= 0.3 is 0 Å². The molecule has 7 heteroatoms. The molecule has 5 nitrogen and oxygen atoms in total. The zero-order valence-corrected chi connectivity index (χ0v) is 19.5. The second-order valence-electron chi connectivity index (χ2n) is 7.70. The monoisotopic (exact) mass is 507 g/mol. The number of amides is 1. The number of nitrogens with zero attached hydrogens (tertiary/aromatic N) is 1. The number of hydrogen-bond donors (Lipinski definition) is 3. The van der Waals surface area contributed by atoms with Gasteiger partial charge in [0.1, 0.15) is 6.54 Å². The number of aryl methyl sites for hydroxylation is 1. The molecule has 0 aliphatic carbocycles. The average Bonchev–Trinajstić information content (AvgIpc) is 3.37. The number of aromatic nitrogens is 3. The Morgan fingerprint density at radius 3 is 2.69 bits per heavy atom. The number of fused-ring (bicyclic) bond motifs is 2. The van der Waals surface area contributed by atoms with Gasteiger partial charge in [0.15, 0.2) is 12.4 Å². The number of H-pyrrole nitrogens is 2. The smallest absolute Gasteiger partial charge is 0.254 e. The van der Waals surface area contributed by atoms with E-state index in [9.17, 15) is 4.79 Å². The van der Waals surface area contributed by atoms with Crippen molar-refractivity contribution in [1.82, 2.24) is 15.3 Å². The molecule has 0 spiro atoms. The van der Waals surface area contributed by atoms with E-state index in [1.165, 1.54) is 0 Å². The molecule has 0 aliphatic heterocycles. The predicted molar refractivity (Wildman–Crippen MR) is 132 cm³/mol. The zero-order valence-electron chi connectivity index (χ0n) is 17.2. The van der Waals surface area contributed by atoms with E-state index in [-0.39, 0.29) is 5.91 Å². The standard InChI is InChI=1S/C25H20BrClN4O/c26-17-5-7-19-21(15-17)30-24(22-14-16-13-18(27)6-8-20(16)29-22)23(19)25(32)28-9-4-12-31-10-2-1-3-11-31/h1-3,5-8,10-11,13-15H,4,9,12H2,(H2-,28,29,30,32)/p+1. The van der Waals surface area contributed by atoms with Crippen LogP contribution in [-0.4, -0.2) is 22.4 Å². The molecule has 1 amide bonds. The maximum Gasteiger partial charge on any atom is 0.254 e. The van der Waals surface area contributed by atoms with Gasteiger partial charge in [-0.3, -0.25) is 4.79 Å². The molecule has 0 saturated carbocycles. The van der Waals surface area contributed by atoms with Crippen molar-refractivity contribution in [2.45, 2.75) is 13.0 Å². The quantitative estimate of drug-likeness (QED) is 0.196. The molecule has 32 heavy (non-hydrogen) atoms. The van der Waals surface area contributed by atoms with Gasteiger partial charge < -0.3 is 15.3 Å². The Hall–Kier alpha value is -3.09. The van der Waals surface area contributed by atoms with Crippen molar-refractivity contribution in [3.05, 3.63) is 88.1 Å². The highest BCUT2D eigenvalue weighted by Gasteiger charge is 2.21. The van der Waals surface area contributed by atoms with Crippen LogP contribution in [0.4, 0.5) is 0 Å². The van der Waals surface area contributed by atoms with E-state index in [0.29, 0.717) is 17.1 Å². The second-order valence-corrected chi connectivity index (χ2v) is 9.05. The minimum atomic E-state index is -0.0941. The summed E-state index contributed by atoms with van der Waals surface area (Å²) in [6.45, 7) is 1.43. The first-order valence-corrected chi connectivity index (χ1v) is 11.6. The number of rotatable bonds is 6. The zero-order chi connectivity index (χ0) is 22.1. The number of nitrogens with one attached hydrogen (secondary N) is 3. The summed E-state index contributed by atoms with van der Waals surface area (Å²) in [4.78, 5) is 20.1. The maximum absolute atomic E-state index is 13.3. The van der Waals surface area contributed by atoms with Crippen LogP contribution < -0.4 is 9.88 Å². The molecule has 160 valence electrons. The Morgan fingerprint density at radius 1 is 1.00 bits per heavy atom. The number of aromatic amines is 2. The minimum absolute atomic E-state index is 0.0941. The van der Waals surface area contributed by atoms with Crippen molar-refractivity contribution in [1.29, 1.82) is 0 Å². The van der Waals surface area contributed by atoms with E-state index in [2.05, 4.69) is 35.8 Å². The fraction of sp³-hybridized carbons (Fsp3) is 0.120. The summed E-state index contributed by atoms with van der Waals surface area (Å²) >= 11 is 9.68. The highest BCUT2D eigenvalue weighted by molar-refractivity contribution is 9.10. The Labute approximate surface area is 198 Å². The molecule has 5 aromatic rings. The van der Waals surface area contributed by atoms with Crippen LogP contribution in [0.3, 0.4) is 0 Å². The molecule has 0 bridgehead atoms. The Morgan fingerprint density at radius 2 is 1.84 bits per heavy atom. The molecule has 5 rings (SSSR count). The van der Waals surface area contributed by atoms with Gasteiger partial charge in [0.05, 0.1) is 17.0 Å². The topological polar surface area (TPSA) is 64.6 Å². The van der Waals surface area contributed by atoms with E-state index >= 15 is 0 Å². The number of pyridine rings is 1. The summed E-state index contributed by atoms with van der Waals surface area (Å²) in [6.07, 6.45) is 4.90. The van der Waals surface area contributed by atoms with E-state index in [0.717, 1.165) is 50.6 Å². The predicted octanol–water partition coefficient (Wildman–Crippen LogP) is 5.84. The molecule has 2 aromatic carbocycles. The van der Waals surface area contributed by atoms with Crippen molar-refractivity contribution in [2.75, 3.05) is 6.54 Å². The lowest BCUT2D eigenvalue weighted by Gasteiger charge is -2.06. The first kappa shape index (κ1) is 20.8. The van der Waals surface area contributed by atoms with Crippen molar-refractivity contribution in [3.8, 4) is 11.4 Å². The molecular weight excluding hydrogens is 488 g/mol. The van der Waals surface area contributed by atoms with Gasteiger partial charge in [0.2, 0.25) is 0 Å². The molecule has 3 N–H and O–H groups in total. The van der Waals surface area contributed by atoms with Crippen LogP contribution in [0, 0.1) is 0 Å². The molecular formula is C25H21BrClN4O+. The third-order valence-electron chi connectivity index (χ3n) is 5.50. The van der Waals surface area contributed by atoms with Gasteiger partial charge in [-0.2, -0.15) is 0 Å². The number of halogens is 2. The van der Waals surface area contributed by atoms with Crippen molar-refractivity contribution in [3.63, 3.8) is 0 Å². The van der Waals surface area contributed by atoms with Crippen LogP contribution in [0.25, 0.3) is 33.2 Å². The summed E-state index contributed by atoms with van der Waals surface area (Å²) in [5, 5.41) is 5.66. The van der Waals surface area contributed by atoms with Crippen molar-refractivity contribution >= 4 is 55.2 Å². The summed E-state index contributed by atoms with van der Waals surface area (Å²) < 4.78 is 3.06. The number of carbonyl (C=O) groups excluding carboxylic acids is 1. The largest absolute Gasteiger partial charge is 0.353 e. The summed E-state index contributed by atoms with van der Waals surface area (Å²) in [5.41, 5.74) is 4.11. The van der Waals surface area contributed by atoms with Gasteiger partial charge in [-0.05, 0) is 36.4 Å². The van der Waals surface area contributed by atoms with Crippen molar-refractivity contribution in [2.24, 2.45) is 0 Å². The van der Waals surface area contributed by atoms with Crippen LogP contribution in [0.15, 0.2) is 77.5 Å².